The molecule has 0 radical (unpaired) electrons. The van der Waals surface area contributed by atoms with Crippen LogP contribution in [0, 0.1) is 5.41 Å². The molecule has 0 atom stereocenters. The van der Waals surface area contributed by atoms with Gasteiger partial charge in [0.05, 0.1) is 11.5 Å². The predicted molar refractivity (Wildman–Crippen MR) is 71.7 cm³/mol. The lowest BCUT2D eigenvalue weighted by molar-refractivity contribution is -0.149. The first-order chi connectivity index (χ1) is 8.57. The number of nitrogens with one attached hydrogen (secondary N) is 1. The van der Waals surface area contributed by atoms with Gasteiger partial charge in [0.15, 0.2) is 0 Å². The van der Waals surface area contributed by atoms with Crippen molar-refractivity contribution in [2.75, 3.05) is 13.7 Å². The van der Waals surface area contributed by atoms with Gasteiger partial charge in [-0.1, -0.05) is 13.8 Å². The number of carboxylic acids is 1. The molecule has 0 heterocycles. The van der Waals surface area contributed by atoms with Crippen LogP contribution in [0.15, 0.2) is 0 Å². The molecule has 0 bridgehead atoms. The maximum Gasteiger partial charge on any atom is 0.310 e. The Kier molecular flexibility index (Phi) is 6.09. The Balaban J connectivity index is 2.42. The van der Waals surface area contributed by atoms with Gasteiger partial charge in [0.2, 0.25) is 0 Å². The van der Waals surface area contributed by atoms with Crippen LogP contribution >= 0.6 is 0 Å². The van der Waals surface area contributed by atoms with Crippen LogP contribution in [-0.2, 0) is 9.53 Å². The van der Waals surface area contributed by atoms with Crippen molar-refractivity contribution >= 4 is 5.97 Å². The van der Waals surface area contributed by atoms with Crippen LogP contribution in [0.25, 0.3) is 0 Å². The molecule has 4 nitrogen and oxygen atoms in total. The summed E-state index contributed by atoms with van der Waals surface area (Å²) in [6.45, 7) is 4.50. The van der Waals surface area contributed by atoms with Crippen molar-refractivity contribution in [3.63, 3.8) is 0 Å². The van der Waals surface area contributed by atoms with Gasteiger partial charge in [-0.15, -0.1) is 0 Å². The molecule has 0 saturated heterocycles. The first-order valence-electron chi connectivity index (χ1n) is 7.07. The minimum atomic E-state index is -0.675. The van der Waals surface area contributed by atoms with Crippen LogP contribution in [0.3, 0.4) is 0 Å². The zero-order chi connectivity index (χ0) is 13.6. The lowest BCUT2D eigenvalue weighted by Crippen LogP contribution is -2.45. The Morgan fingerprint density at radius 1 is 1.28 bits per heavy atom. The summed E-state index contributed by atoms with van der Waals surface area (Å²) in [5, 5.41) is 12.8. The van der Waals surface area contributed by atoms with Gasteiger partial charge < -0.3 is 15.2 Å². The molecule has 18 heavy (non-hydrogen) atoms. The fourth-order valence-corrected chi connectivity index (χ4v) is 2.72. The lowest BCUT2D eigenvalue weighted by atomic mass is 9.81. The number of ether oxygens (including phenoxy) is 1. The van der Waals surface area contributed by atoms with Gasteiger partial charge in [-0.05, 0) is 38.5 Å². The van der Waals surface area contributed by atoms with Gasteiger partial charge in [0.25, 0.3) is 0 Å². The predicted octanol–water partition coefficient (Wildman–Crippen LogP) is 2.42. The molecule has 1 rings (SSSR count). The number of rotatable bonds is 7. The molecule has 4 heteroatoms. The third kappa shape index (κ3) is 3.69. The molecule has 0 aromatic carbocycles. The van der Waals surface area contributed by atoms with Crippen molar-refractivity contribution in [1.29, 1.82) is 0 Å². The van der Waals surface area contributed by atoms with E-state index < -0.39 is 11.4 Å². The van der Waals surface area contributed by atoms with Crippen LogP contribution in [0.1, 0.15) is 52.4 Å². The molecule has 1 fully saturated rings. The molecule has 1 aliphatic rings. The zero-order valence-electron chi connectivity index (χ0n) is 11.9. The SMILES string of the molecule is CCC(CC)(CNC1CCC(OC)CC1)C(=O)O. The Morgan fingerprint density at radius 3 is 2.22 bits per heavy atom. The Hall–Kier alpha value is -0.610. The highest BCUT2D eigenvalue weighted by molar-refractivity contribution is 5.74. The van der Waals surface area contributed by atoms with Crippen LogP contribution < -0.4 is 5.32 Å². The second-order valence-corrected chi connectivity index (χ2v) is 5.38. The Labute approximate surface area is 110 Å². The van der Waals surface area contributed by atoms with Gasteiger partial charge >= 0.3 is 5.97 Å². The molecule has 0 unspecified atom stereocenters. The first-order valence-corrected chi connectivity index (χ1v) is 7.07. The quantitative estimate of drug-likeness (QED) is 0.735. The second-order valence-electron chi connectivity index (χ2n) is 5.38. The molecule has 0 aromatic heterocycles. The highest BCUT2D eigenvalue weighted by Gasteiger charge is 2.35. The minimum Gasteiger partial charge on any atom is -0.481 e. The summed E-state index contributed by atoms with van der Waals surface area (Å²) in [4.78, 5) is 11.4. The number of methoxy groups -OCH3 is 1. The average molecular weight is 257 g/mol. The fraction of sp³-hybridized carbons (Fsp3) is 0.929. The Bertz CT molecular complexity index is 256. The topological polar surface area (TPSA) is 58.6 Å². The second kappa shape index (κ2) is 7.10. The zero-order valence-corrected chi connectivity index (χ0v) is 11.9. The van der Waals surface area contributed by atoms with Crippen LogP contribution in [0.4, 0.5) is 0 Å². The largest absolute Gasteiger partial charge is 0.481 e. The van der Waals surface area contributed by atoms with Gasteiger partial charge in [0, 0.05) is 19.7 Å². The number of hydrogen-bond acceptors (Lipinski definition) is 3. The van der Waals surface area contributed by atoms with E-state index in [4.69, 9.17) is 4.74 Å². The average Bonchev–Trinajstić information content (AvgIpc) is 2.41. The van der Waals surface area contributed by atoms with Crippen molar-refractivity contribution < 1.29 is 14.6 Å². The molecule has 0 spiro atoms. The maximum absolute atomic E-state index is 11.4. The molecule has 0 amide bonds. The fourth-order valence-electron chi connectivity index (χ4n) is 2.72. The van der Waals surface area contributed by atoms with Crippen LogP contribution in [0.5, 0.6) is 0 Å². The third-order valence-electron chi connectivity index (χ3n) is 4.54. The van der Waals surface area contributed by atoms with Gasteiger partial charge in [-0.25, -0.2) is 0 Å². The van der Waals surface area contributed by atoms with E-state index in [-0.39, 0.29) is 0 Å². The summed E-state index contributed by atoms with van der Waals surface area (Å²) in [5.74, 6) is -0.675. The molecule has 106 valence electrons. The smallest absolute Gasteiger partial charge is 0.310 e. The van der Waals surface area contributed by atoms with Gasteiger partial charge in [0.1, 0.15) is 0 Å². The van der Waals surface area contributed by atoms with E-state index in [9.17, 15) is 9.90 Å². The number of aliphatic carboxylic acids is 1. The summed E-state index contributed by atoms with van der Waals surface area (Å²) in [6.07, 6.45) is 6.07. The monoisotopic (exact) mass is 257 g/mol. The van der Waals surface area contributed by atoms with Crippen molar-refractivity contribution in [3.8, 4) is 0 Å². The summed E-state index contributed by atoms with van der Waals surface area (Å²) in [7, 11) is 1.77. The normalized spacial score (nSPS) is 25.1. The van der Waals surface area contributed by atoms with E-state index in [1.165, 1.54) is 0 Å². The van der Waals surface area contributed by atoms with E-state index in [0.29, 0.717) is 31.5 Å². The van der Waals surface area contributed by atoms with Gasteiger partial charge in [-0.3, -0.25) is 4.79 Å². The molecule has 1 saturated carbocycles. The minimum absolute atomic E-state index is 0.393. The molecule has 0 aliphatic heterocycles. The molecular formula is C14H27NO3. The van der Waals surface area contributed by atoms with E-state index in [2.05, 4.69) is 5.32 Å². The van der Waals surface area contributed by atoms with Crippen molar-refractivity contribution in [2.45, 2.75) is 64.5 Å². The van der Waals surface area contributed by atoms with Gasteiger partial charge in [-0.2, -0.15) is 0 Å². The Morgan fingerprint density at radius 2 is 1.83 bits per heavy atom. The molecule has 2 N–H and O–H groups in total. The first kappa shape index (κ1) is 15.4. The summed E-state index contributed by atoms with van der Waals surface area (Å²) in [6, 6.07) is 0.452. The highest BCUT2D eigenvalue weighted by atomic mass is 16.5. The highest BCUT2D eigenvalue weighted by Crippen LogP contribution is 2.27. The van der Waals surface area contributed by atoms with E-state index in [1.54, 1.807) is 7.11 Å². The van der Waals surface area contributed by atoms with E-state index >= 15 is 0 Å². The van der Waals surface area contributed by atoms with Crippen molar-refractivity contribution in [2.24, 2.45) is 5.41 Å². The molecule has 1 aliphatic carbocycles. The number of carboxylic acid groups (broad SMARTS) is 1. The lowest BCUT2D eigenvalue weighted by Gasteiger charge is -2.33. The van der Waals surface area contributed by atoms with Crippen LogP contribution in [-0.4, -0.2) is 36.9 Å². The molecule has 0 aromatic rings. The standard InChI is InChI=1S/C14H27NO3/c1-4-14(5-2,13(16)17)10-15-11-6-8-12(18-3)9-7-11/h11-12,15H,4-10H2,1-3H3,(H,16,17). The van der Waals surface area contributed by atoms with E-state index in [0.717, 1.165) is 25.7 Å². The van der Waals surface area contributed by atoms with Crippen molar-refractivity contribution in [3.05, 3.63) is 0 Å². The summed E-state index contributed by atoms with van der Waals surface area (Å²) in [5.41, 5.74) is -0.599. The number of hydrogen-bond donors (Lipinski definition) is 2. The summed E-state index contributed by atoms with van der Waals surface area (Å²) < 4.78 is 5.34. The van der Waals surface area contributed by atoms with Crippen LogP contribution in [0.2, 0.25) is 0 Å². The number of carbonyl (C=O) groups is 1. The third-order valence-corrected chi connectivity index (χ3v) is 4.54. The molecular weight excluding hydrogens is 230 g/mol. The summed E-state index contributed by atoms with van der Waals surface area (Å²) >= 11 is 0. The van der Waals surface area contributed by atoms with Crippen molar-refractivity contribution in [1.82, 2.24) is 5.32 Å². The maximum atomic E-state index is 11.4. The van der Waals surface area contributed by atoms with E-state index in [1.807, 2.05) is 13.8 Å².